The zero-order valence-electron chi connectivity index (χ0n) is 18.2. The van der Waals surface area contributed by atoms with Gasteiger partial charge in [0.05, 0.1) is 16.9 Å². The Morgan fingerprint density at radius 3 is 2.57 bits per heavy atom. The number of aryl methyl sites for hydroxylation is 2. The van der Waals surface area contributed by atoms with Crippen LogP contribution in [0.25, 0.3) is 5.78 Å². The van der Waals surface area contributed by atoms with Gasteiger partial charge in [-0.15, -0.1) is 5.10 Å². The summed E-state index contributed by atoms with van der Waals surface area (Å²) in [5.41, 5.74) is -0.659. The predicted octanol–water partition coefficient (Wildman–Crippen LogP) is 3.31. The SMILES string of the molecule is Cc1cc(C(F)(F)F)n2nc(S(=O)(=O)Nc3c(C)cccc3C(=O)OCc3ccccn3)nc2n1. The molecule has 0 aliphatic carbocycles. The molecule has 0 spiro atoms. The molecule has 1 N–H and O–H groups in total. The number of carbonyl (C=O) groups excluding carboxylic acids is 1. The van der Waals surface area contributed by atoms with Gasteiger partial charge < -0.3 is 4.74 Å². The van der Waals surface area contributed by atoms with Crippen LogP contribution in [-0.2, 0) is 27.5 Å². The molecule has 0 aliphatic heterocycles. The standard InChI is InChI=1S/C21H17F3N6O4S/c1-12-6-5-8-15(18(31)34-11-14-7-3-4-9-25-14)17(12)29-35(32,33)20-27-19-26-13(2)10-16(21(22,23)24)30(19)28-20/h3-10,29H,11H2,1-2H3. The highest BCUT2D eigenvalue weighted by Gasteiger charge is 2.36. The van der Waals surface area contributed by atoms with Gasteiger partial charge in [-0.05, 0) is 43.7 Å². The van der Waals surface area contributed by atoms with E-state index in [1.807, 2.05) is 0 Å². The molecule has 0 fully saturated rings. The highest BCUT2D eigenvalue weighted by atomic mass is 32.2. The van der Waals surface area contributed by atoms with E-state index >= 15 is 0 Å². The zero-order chi connectivity index (χ0) is 25.4. The molecule has 10 nitrogen and oxygen atoms in total. The third kappa shape index (κ3) is 5.06. The minimum absolute atomic E-state index is 0.0222. The topological polar surface area (TPSA) is 128 Å². The fraction of sp³-hybridized carbons (Fsp3) is 0.190. The molecule has 35 heavy (non-hydrogen) atoms. The van der Waals surface area contributed by atoms with Crippen LogP contribution in [0.15, 0.2) is 53.8 Å². The van der Waals surface area contributed by atoms with E-state index in [4.69, 9.17) is 4.74 Å². The Bertz CT molecular complexity index is 1520. The number of pyridine rings is 1. The van der Waals surface area contributed by atoms with Gasteiger partial charge in [-0.2, -0.15) is 31.1 Å². The number of anilines is 1. The maximum Gasteiger partial charge on any atom is 0.433 e. The fourth-order valence-electron chi connectivity index (χ4n) is 3.14. The molecule has 0 bridgehead atoms. The van der Waals surface area contributed by atoms with E-state index in [1.165, 1.54) is 38.2 Å². The van der Waals surface area contributed by atoms with Crippen molar-refractivity contribution >= 4 is 27.5 Å². The lowest BCUT2D eigenvalue weighted by Gasteiger charge is -2.13. The van der Waals surface area contributed by atoms with Crippen molar-refractivity contribution in [2.75, 3.05) is 4.72 Å². The average molecular weight is 506 g/mol. The van der Waals surface area contributed by atoms with Crippen LogP contribution in [0.2, 0.25) is 0 Å². The fourth-order valence-corrected chi connectivity index (χ4v) is 4.16. The van der Waals surface area contributed by atoms with Crippen molar-refractivity contribution in [2.45, 2.75) is 31.8 Å². The van der Waals surface area contributed by atoms with Crippen molar-refractivity contribution in [3.05, 3.63) is 76.9 Å². The minimum atomic E-state index is -4.82. The minimum Gasteiger partial charge on any atom is -0.456 e. The van der Waals surface area contributed by atoms with E-state index in [-0.39, 0.29) is 23.6 Å². The summed E-state index contributed by atoms with van der Waals surface area (Å²) in [6.07, 6.45) is -3.30. The molecule has 0 amide bonds. The van der Waals surface area contributed by atoms with E-state index in [1.54, 1.807) is 18.2 Å². The number of hydrogen-bond acceptors (Lipinski definition) is 8. The summed E-state index contributed by atoms with van der Waals surface area (Å²) < 4.78 is 74.0. The molecular weight excluding hydrogens is 489 g/mol. The summed E-state index contributed by atoms with van der Waals surface area (Å²) in [5.74, 6) is -1.38. The van der Waals surface area contributed by atoms with E-state index in [0.29, 0.717) is 15.8 Å². The van der Waals surface area contributed by atoms with Gasteiger partial charge in [0.1, 0.15) is 6.61 Å². The molecule has 0 saturated carbocycles. The van der Waals surface area contributed by atoms with Crippen LogP contribution in [-0.4, -0.2) is 39.0 Å². The number of fused-ring (bicyclic) bond motifs is 1. The van der Waals surface area contributed by atoms with Crippen LogP contribution in [0, 0.1) is 13.8 Å². The second-order valence-corrected chi connectivity index (χ2v) is 8.96. The molecule has 1 aromatic carbocycles. The third-order valence-corrected chi connectivity index (χ3v) is 5.88. The Kier molecular flexibility index (Phi) is 6.15. The van der Waals surface area contributed by atoms with Crippen LogP contribution >= 0.6 is 0 Å². The third-order valence-electron chi connectivity index (χ3n) is 4.76. The van der Waals surface area contributed by atoms with E-state index in [9.17, 15) is 26.4 Å². The second-order valence-electron chi connectivity index (χ2n) is 7.39. The number of benzene rings is 1. The summed E-state index contributed by atoms with van der Waals surface area (Å²) in [4.78, 5) is 24.2. The van der Waals surface area contributed by atoms with Crippen molar-refractivity contribution in [2.24, 2.45) is 0 Å². The maximum atomic E-state index is 13.4. The highest BCUT2D eigenvalue weighted by molar-refractivity contribution is 7.92. The predicted molar refractivity (Wildman–Crippen MR) is 116 cm³/mol. The van der Waals surface area contributed by atoms with Crippen molar-refractivity contribution in [1.29, 1.82) is 0 Å². The number of nitrogens with zero attached hydrogens (tertiary/aromatic N) is 5. The molecule has 14 heteroatoms. The van der Waals surface area contributed by atoms with Crippen molar-refractivity contribution in [3.8, 4) is 0 Å². The second kappa shape index (κ2) is 8.94. The number of para-hydroxylation sites is 1. The number of halogens is 3. The van der Waals surface area contributed by atoms with E-state index in [0.717, 1.165) is 6.07 Å². The first-order valence-corrected chi connectivity index (χ1v) is 11.4. The molecule has 3 aromatic heterocycles. The Morgan fingerprint density at radius 1 is 1.11 bits per heavy atom. The lowest BCUT2D eigenvalue weighted by atomic mass is 10.1. The average Bonchev–Trinajstić information content (AvgIpc) is 3.23. The van der Waals surface area contributed by atoms with Gasteiger partial charge in [-0.25, -0.2) is 9.78 Å². The number of rotatable bonds is 6. The Morgan fingerprint density at radius 2 is 1.89 bits per heavy atom. The van der Waals surface area contributed by atoms with Gasteiger partial charge in [0, 0.05) is 11.9 Å². The van der Waals surface area contributed by atoms with Gasteiger partial charge in [0.2, 0.25) is 0 Å². The van der Waals surface area contributed by atoms with Crippen LogP contribution < -0.4 is 4.72 Å². The first-order chi connectivity index (χ1) is 16.5. The number of carbonyl (C=O) groups is 1. The number of sulfonamides is 1. The number of hydrogen-bond donors (Lipinski definition) is 1. The number of nitrogens with one attached hydrogen (secondary N) is 1. The van der Waals surface area contributed by atoms with Crippen LogP contribution in [0.5, 0.6) is 0 Å². The summed E-state index contributed by atoms with van der Waals surface area (Å²) in [7, 11) is -4.62. The van der Waals surface area contributed by atoms with Crippen molar-refractivity contribution in [1.82, 2.24) is 24.6 Å². The molecule has 0 aliphatic rings. The van der Waals surface area contributed by atoms with Gasteiger partial charge in [-0.3, -0.25) is 9.71 Å². The highest BCUT2D eigenvalue weighted by Crippen LogP contribution is 2.30. The van der Waals surface area contributed by atoms with E-state index < -0.39 is 38.8 Å². The first-order valence-electron chi connectivity index (χ1n) is 9.97. The molecule has 3 heterocycles. The number of alkyl halides is 3. The van der Waals surface area contributed by atoms with Gasteiger partial charge in [0.15, 0.2) is 5.69 Å². The molecule has 4 aromatic rings. The molecule has 0 atom stereocenters. The summed E-state index contributed by atoms with van der Waals surface area (Å²) >= 11 is 0. The largest absolute Gasteiger partial charge is 0.456 e. The molecule has 0 unspecified atom stereocenters. The lowest BCUT2D eigenvalue weighted by molar-refractivity contribution is -0.142. The van der Waals surface area contributed by atoms with Crippen LogP contribution in [0.1, 0.15) is 33.0 Å². The quantitative estimate of drug-likeness (QED) is 0.395. The van der Waals surface area contributed by atoms with Crippen molar-refractivity contribution < 1.29 is 31.1 Å². The Hall–Kier alpha value is -4.07. The Labute approximate surface area is 196 Å². The maximum absolute atomic E-state index is 13.4. The molecule has 182 valence electrons. The smallest absolute Gasteiger partial charge is 0.433 e. The first kappa shape index (κ1) is 24.1. The summed E-state index contributed by atoms with van der Waals surface area (Å²) in [5, 5.41) is 2.57. The zero-order valence-corrected chi connectivity index (χ0v) is 19.1. The number of esters is 1. The van der Waals surface area contributed by atoms with E-state index in [2.05, 4.69) is 24.8 Å². The van der Waals surface area contributed by atoms with Gasteiger partial charge in [0.25, 0.3) is 21.0 Å². The molecule has 0 saturated heterocycles. The van der Waals surface area contributed by atoms with Crippen LogP contribution in [0.3, 0.4) is 0 Å². The van der Waals surface area contributed by atoms with Crippen molar-refractivity contribution in [3.63, 3.8) is 0 Å². The van der Waals surface area contributed by atoms with Gasteiger partial charge >= 0.3 is 12.1 Å². The summed E-state index contributed by atoms with van der Waals surface area (Å²) in [6, 6.07) is 10.2. The number of aromatic nitrogens is 5. The normalized spacial score (nSPS) is 12.0. The van der Waals surface area contributed by atoms with Crippen LogP contribution in [0.4, 0.5) is 18.9 Å². The molecule has 0 radical (unpaired) electrons. The summed E-state index contributed by atoms with van der Waals surface area (Å²) in [6.45, 7) is 2.70. The van der Waals surface area contributed by atoms with Gasteiger partial charge in [-0.1, -0.05) is 18.2 Å². The monoisotopic (exact) mass is 506 g/mol. The Balaban J connectivity index is 1.67. The lowest BCUT2D eigenvalue weighted by Crippen LogP contribution is -2.19. The molecule has 4 rings (SSSR count). The number of ether oxygens (including phenoxy) is 1. The molecular formula is C21H17F3N6O4S.